The number of imidazole rings is 1. The van der Waals surface area contributed by atoms with E-state index >= 15 is 0 Å². The predicted octanol–water partition coefficient (Wildman–Crippen LogP) is 1.17. The molecule has 1 aromatic heterocycles. The molecule has 1 unspecified atom stereocenters. The van der Waals surface area contributed by atoms with E-state index in [1.807, 2.05) is 19.6 Å². The lowest BCUT2D eigenvalue weighted by molar-refractivity contribution is 0.00563. The van der Waals surface area contributed by atoms with Crippen LogP contribution in [0.4, 0.5) is 0 Å². The van der Waals surface area contributed by atoms with Crippen LogP contribution in [0, 0.1) is 0 Å². The maximum absolute atomic E-state index is 5.78. The van der Waals surface area contributed by atoms with Crippen molar-refractivity contribution in [3.05, 3.63) is 18.2 Å². The van der Waals surface area contributed by atoms with E-state index in [1.165, 1.54) is 12.1 Å². The summed E-state index contributed by atoms with van der Waals surface area (Å²) in [5.74, 6) is 0. The van der Waals surface area contributed by atoms with Gasteiger partial charge in [0.2, 0.25) is 0 Å². The van der Waals surface area contributed by atoms with Gasteiger partial charge in [0.05, 0.1) is 24.2 Å². The fourth-order valence-electron chi connectivity index (χ4n) is 2.14. The second-order valence-electron chi connectivity index (χ2n) is 4.45. The zero-order valence-electron chi connectivity index (χ0n) is 9.49. The first kappa shape index (κ1) is 10.6. The van der Waals surface area contributed by atoms with Crippen molar-refractivity contribution >= 4 is 0 Å². The van der Waals surface area contributed by atoms with Gasteiger partial charge in [-0.3, -0.25) is 0 Å². The molecule has 0 amide bonds. The highest BCUT2D eigenvalue weighted by atomic mass is 16.5. The van der Waals surface area contributed by atoms with Gasteiger partial charge in [-0.15, -0.1) is 0 Å². The number of hydrogen-bond acceptors (Lipinski definition) is 3. The quantitative estimate of drug-likeness (QED) is 0.809. The molecule has 1 aliphatic rings. The lowest BCUT2D eigenvalue weighted by Crippen LogP contribution is -2.30. The first-order chi connectivity index (χ1) is 7.23. The Morgan fingerprint density at radius 1 is 1.67 bits per heavy atom. The summed E-state index contributed by atoms with van der Waals surface area (Å²) in [6, 6.07) is 0. The minimum absolute atomic E-state index is 0.00317. The van der Waals surface area contributed by atoms with E-state index < -0.39 is 0 Å². The summed E-state index contributed by atoms with van der Waals surface area (Å²) in [7, 11) is 1.95. The summed E-state index contributed by atoms with van der Waals surface area (Å²) in [5, 5.41) is 3.15. The molecule has 2 rings (SSSR count). The van der Waals surface area contributed by atoms with Gasteiger partial charge in [0.1, 0.15) is 0 Å². The fraction of sp³-hybridized carbons (Fsp3) is 0.727. The van der Waals surface area contributed by atoms with Gasteiger partial charge in [0.25, 0.3) is 0 Å². The minimum atomic E-state index is 0.00317. The third-order valence-corrected chi connectivity index (χ3v) is 2.96. The molecule has 1 fully saturated rings. The number of nitrogens with zero attached hydrogens (tertiary/aromatic N) is 2. The van der Waals surface area contributed by atoms with Crippen molar-refractivity contribution < 1.29 is 4.74 Å². The summed E-state index contributed by atoms with van der Waals surface area (Å²) < 4.78 is 7.96. The van der Waals surface area contributed by atoms with E-state index in [4.69, 9.17) is 4.74 Å². The van der Waals surface area contributed by atoms with Crippen LogP contribution in [-0.2, 0) is 17.8 Å². The van der Waals surface area contributed by atoms with E-state index in [1.54, 1.807) is 0 Å². The molecule has 4 nitrogen and oxygen atoms in total. The van der Waals surface area contributed by atoms with Crippen LogP contribution in [-0.4, -0.2) is 28.8 Å². The predicted molar refractivity (Wildman–Crippen MR) is 58.6 cm³/mol. The van der Waals surface area contributed by atoms with Crippen LogP contribution in [0.15, 0.2) is 12.5 Å². The Balaban J connectivity index is 2.06. The van der Waals surface area contributed by atoms with Gasteiger partial charge >= 0.3 is 0 Å². The van der Waals surface area contributed by atoms with Gasteiger partial charge in [-0.1, -0.05) is 0 Å². The van der Waals surface area contributed by atoms with Crippen molar-refractivity contribution in [2.45, 2.75) is 38.5 Å². The summed E-state index contributed by atoms with van der Waals surface area (Å²) >= 11 is 0. The van der Waals surface area contributed by atoms with Crippen molar-refractivity contribution in [2.24, 2.45) is 0 Å². The number of hydrogen-bond donors (Lipinski definition) is 1. The van der Waals surface area contributed by atoms with Gasteiger partial charge in [0, 0.05) is 19.3 Å². The zero-order chi connectivity index (χ0) is 10.7. The van der Waals surface area contributed by atoms with Gasteiger partial charge in [-0.05, 0) is 26.8 Å². The van der Waals surface area contributed by atoms with Crippen molar-refractivity contribution in [3.8, 4) is 0 Å². The highest BCUT2D eigenvalue weighted by Gasteiger charge is 2.30. The second-order valence-corrected chi connectivity index (χ2v) is 4.45. The molecule has 0 bridgehead atoms. The van der Waals surface area contributed by atoms with Crippen LogP contribution in [0.1, 0.15) is 25.5 Å². The van der Waals surface area contributed by atoms with Gasteiger partial charge < -0.3 is 14.6 Å². The Hall–Kier alpha value is -0.870. The topological polar surface area (TPSA) is 39.1 Å². The first-order valence-corrected chi connectivity index (χ1v) is 5.51. The molecule has 0 spiro atoms. The summed E-state index contributed by atoms with van der Waals surface area (Å²) in [4.78, 5) is 4.18. The molecule has 15 heavy (non-hydrogen) atoms. The van der Waals surface area contributed by atoms with Crippen molar-refractivity contribution in [2.75, 3.05) is 13.7 Å². The average Bonchev–Trinajstić information content (AvgIpc) is 2.78. The number of aromatic nitrogens is 2. The maximum Gasteiger partial charge on any atom is 0.0949 e. The van der Waals surface area contributed by atoms with Gasteiger partial charge in [0.15, 0.2) is 0 Å². The van der Waals surface area contributed by atoms with Crippen molar-refractivity contribution in [1.29, 1.82) is 0 Å². The third-order valence-electron chi connectivity index (χ3n) is 2.96. The molecule has 2 heterocycles. The molecular weight excluding hydrogens is 190 g/mol. The van der Waals surface area contributed by atoms with E-state index in [9.17, 15) is 0 Å². The smallest absolute Gasteiger partial charge is 0.0949 e. The molecule has 1 aromatic rings. The molecule has 1 atom stereocenters. The standard InChI is InChI=1S/C11H19N3O/c1-11(4-3-5-15-11)8-14-9-13-7-10(14)6-12-2/h7,9,12H,3-6,8H2,1-2H3. The molecule has 4 heteroatoms. The lowest BCUT2D eigenvalue weighted by atomic mass is 10.0. The molecule has 1 saturated heterocycles. The molecular formula is C11H19N3O. The highest BCUT2D eigenvalue weighted by Crippen LogP contribution is 2.27. The van der Waals surface area contributed by atoms with Crippen molar-refractivity contribution in [1.82, 2.24) is 14.9 Å². The Morgan fingerprint density at radius 3 is 3.20 bits per heavy atom. The van der Waals surface area contributed by atoms with E-state index in [2.05, 4.69) is 21.8 Å². The monoisotopic (exact) mass is 209 g/mol. The summed E-state index contributed by atoms with van der Waals surface area (Å²) in [6.07, 6.45) is 6.12. The van der Waals surface area contributed by atoms with Crippen LogP contribution >= 0.6 is 0 Å². The van der Waals surface area contributed by atoms with Gasteiger partial charge in [-0.25, -0.2) is 4.98 Å². The molecule has 0 radical (unpaired) electrons. The Bertz CT molecular complexity index is 315. The third kappa shape index (κ3) is 2.38. The van der Waals surface area contributed by atoms with Gasteiger partial charge in [-0.2, -0.15) is 0 Å². The Labute approximate surface area is 90.6 Å². The van der Waals surface area contributed by atoms with Crippen LogP contribution in [0.5, 0.6) is 0 Å². The molecule has 0 aromatic carbocycles. The number of rotatable bonds is 4. The number of ether oxygens (including phenoxy) is 1. The van der Waals surface area contributed by atoms with Crippen LogP contribution in [0.2, 0.25) is 0 Å². The average molecular weight is 209 g/mol. The summed E-state index contributed by atoms with van der Waals surface area (Å²) in [6.45, 7) is 4.84. The van der Waals surface area contributed by atoms with E-state index in [0.29, 0.717) is 0 Å². The van der Waals surface area contributed by atoms with E-state index in [-0.39, 0.29) is 5.60 Å². The zero-order valence-corrected chi connectivity index (χ0v) is 9.49. The second kappa shape index (κ2) is 4.33. The normalized spacial score (nSPS) is 26.0. The Kier molecular flexibility index (Phi) is 3.07. The molecule has 1 aliphatic heterocycles. The SMILES string of the molecule is CNCc1cncn1CC1(C)CCCO1. The number of nitrogens with one attached hydrogen (secondary N) is 1. The van der Waals surface area contributed by atoms with Crippen LogP contribution < -0.4 is 5.32 Å². The Morgan fingerprint density at radius 2 is 2.53 bits per heavy atom. The lowest BCUT2D eigenvalue weighted by Gasteiger charge is -2.24. The summed E-state index contributed by atoms with van der Waals surface area (Å²) in [5.41, 5.74) is 1.22. The highest BCUT2D eigenvalue weighted by molar-refractivity contribution is 4.99. The molecule has 1 N–H and O–H groups in total. The maximum atomic E-state index is 5.78. The molecule has 84 valence electrons. The molecule has 0 saturated carbocycles. The van der Waals surface area contributed by atoms with E-state index in [0.717, 1.165) is 26.1 Å². The first-order valence-electron chi connectivity index (χ1n) is 5.51. The minimum Gasteiger partial charge on any atom is -0.373 e. The molecule has 0 aliphatic carbocycles. The van der Waals surface area contributed by atoms with Crippen LogP contribution in [0.3, 0.4) is 0 Å². The van der Waals surface area contributed by atoms with Crippen LogP contribution in [0.25, 0.3) is 0 Å². The largest absolute Gasteiger partial charge is 0.373 e. The van der Waals surface area contributed by atoms with Crippen molar-refractivity contribution in [3.63, 3.8) is 0 Å². The fourth-order valence-corrected chi connectivity index (χ4v) is 2.14.